The molecule has 0 unspecified atom stereocenters. The summed E-state index contributed by atoms with van der Waals surface area (Å²) >= 11 is 0. The number of carbonyl (C=O) groups excluding carboxylic acids is 2. The number of carbonyl (C=O) groups is 2. The van der Waals surface area contributed by atoms with Gasteiger partial charge in [-0.25, -0.2) is 0 Å². The molecule has 1 aliphatic heterocycles. The van der Waals surface area contributed by atoms with Crippen LogP contribution in [0.25, 0.3) is 11.3 Å². The lowest BCUT2D eigenvalue weighted by atomic mass is 10.1. The number of piperazine rings is 1. The number of amides is 2. The Kier molecular flexibility index (Phi) is 7.52. The van der Waals surface area contributed by atoms with Crippen LogP contribution in [-0.4, -0.2) is 64.5 Å². The van der Waals surface area contributed by atoms with E-state index < -0.39 is 0 Å². The number of rotatable bonds is 7. The second kappa shape index (κ2) is 10.9. The maximum absolute atomic E-state index is 13.0. The molecule has 7 nitrogen and oxygen atoms in total. The van der Waals surface area contributed by atoms with Crippen molar-refractivity contribution in [2.24, 2.45) is 0 Å². The number of aromatic nitrogens is 2. The number of benzene rings is 2. The zero-order valence-corrected chi connectivity index (χ0v) is 19.9. The van der Waals surface area contributed by atoms with Crippen molar-refractivity contribution >= 4 is 17.6 Å². The summed E-state index contributed by atoms with van der Waals surface area (Å²) in [5.74, 6) is 0.785. The summed E-state index contributed by atoms with van der Waals surface area (Å²) in [6, 6.07) is 22.0. The standard InChI is InChI=1S/C27H31N5O2/c1-3-26(33)32(19-22-7-5-4-6-8-22)20-27(34)31-17-15-30(16-18-31)25-14-13-24(28-29-25)23-11-9-21(2)10-12-23/h4-14H,3,15-20H2,1-2H3. The van der Waals surface area contributed by atoms with E-state index in [2.05, 4.69) is 34.2 Å². The first-order valence-corrected chi connectivity index (χ1v) is 11.8. The fourth-order valence-corrected chi connectivity index (χ4v) is 4.08. The highest BCUT2D eigenvalue weighted by molar-refractivity contribution is 5.85. The summed E-state index contributed by atoms with van der Waals surface area (Å²) in [6.07, 6.45) is 0.380. The lowest BCUT2D eigenvalue weighted by molar-refractivity contribution is -0.141. The summed E-state index contributed by atoms with van der Waals surface area (Å²) in [5.41, 5.74) is 4.12. The van der Waals surface area contributed by atoms with E-state index in [4.69, 9.17) is 0 Å². The molecule has 0 aliphatic carbocycles. The lowest BCUT2D eigenvalue weighted by Crippen LogP contribution is -2.52. The van der Waals surface area contributed by atoms with Gasteiger partial charge < -0.3 is 14.7 Å². The van der Waals surface area contributed by atoms with Crippen LogP contribution in [0.15, 0.2) is 66.7 Å². The number of nitrogens with zero attached hydrogens (tertiary/aromatic N) is 5. The second-order valence-electron chi connectivity index (χ2n) is 8.60. The van der Waals surface area contributed by atoms with E-state index in [9.17, 15) is 9.59 Å². The molecule has 2 amide bonds. The number of anilines is 1. The molecule has 3 aromatic rings. The molecule has 176 valence electrons. The first kappa shape index (κ1) is 23.4. The highest BCUT2D eigenvalue weighted by Crippen LogP contribution is 2.20. The molecule has 0 spiro atoms. The topological polar surface area (TPSA) is 69.6 Å². The average molecular weight is 458 g/mol. The second-order valence-corrected chi connectivity index (χ2v) is 8.60. The maximum atomic E-state index is 13.0. The average Bonchev–Trinajstić information content (AvgIpc) is 2.89. The van der Waals surface area contributed by atoms with Gasteiger partial charge in [0.25, 0.3) is 0 Å². The van der Waals surface area contributed by atoms with Crippen molar-refractivity contribution in [2.45, 2.75) is 26.8 Å². The molecule has 0 atom stereocenters. The molecule has 1 aromatic heterocycles. The van der Waals surface area contributed by atoms with Crippen molar-refractivity contribution in [3.63, 3.8) is 0 Å². The number of aryl methyl sites for hydroxylation is 1. The molecule has 0 N–H and O–H groups in total. The third-order valence-corrected chi connectivity index (χ3v) is 6.15. The molecule has 7 heteroatoms. The molecular weight excluding hydrogens is 426 g/mol. The van der Waals surface area contributed by atoms with Gasteiger partial charge in [0, 0.05) is 44.7 Å². The van der Waals surface area contributed by atoms with Crippen molar-refractivity contribution in [3.05, 3.63) is 77.9 Å². The number of hydrogen-bond acceptors (Lipinski definition) is 5. The van der Waals surface area contributed by atoms with Crippen LogP contribution in [-0.2, 0) is 16.1 Å². The molecule has 0 bridgehead atoms. The third kappa shape index (κ3) is 5.78. The normalized spacial score (nSPS) is 13.6. The van der Waals surface area contributed by atoms with Crippen LogP contribution in [0, 0.1) is 6.92 Å². The van der Waals surface area contributed by atoms with Crippen molar-refractivity contribution in [1.29, 1.82) is 0 Å². The van der Waals surface area contributed by atoms with Crippen LogP contribution >= 0.6 is 0 Å². The maximum Gasteiger partial charge on any atom is 0.242 e. The quantitative estimate of drug-likeness (QED) is 0.543. The van der Waals surface area contributed by atoms with Gasteiger partial charge >= 0.3 is 0 Å². The van der Waals surface area contributed by atoms with Crippen molar-refractivity contribution in [3.8, 4) is 11.3 Å². The Hall–Kier alpha value is -3.74. The van der Waals surface area contributed by atoms with Crippen LogP contribution in [0.2, 0.25) is 0 Å². The molecule has 1 saturated heterocycles. The molecule has 34 heavy (non-hydrogen) atoms. The Morgan fingerprint density at radius 3 is 2.21 bits per heavy atom. The zero-order valence-electron chi connectivity index (χ0n) is 19.9. The first-order valence-electron chi connectivity index (χ1n) is 11.8. The van der Waals surface area contributed by atoms with E-state index in [1.807, 2.05) is 66.4 Å². The van der Waals surface area contributed by atoms with Gasteiger partial charge in [0.1, 0.15) is 6.54 Å². The molecule has 0 saturated carbocycles. The smallest absolute Gasteiger partial charge is 0.242 e. The highest BCUT2D eigenvalue weighted by atomic mass is 16.2. The third-order valence-electron chi connectivity index (χ3n) is 6.15. The van der Waals surface area contributed by atoms with Gasteiger partial charge in [-0.15, -0.1) is 10.2 Å². The molecule has 1 aliphatic rings. The van der Waals surface area contributed by atoms with Gasteiger partial charge in [-0.05, 0) is 24.6 Å². The van der Waals surface area contributed by atoms with E-state index in [1.54, 1.807) is 4.90 Å². The summed E-state index contributed by atoms with van der Waals surface area (Å²) in [4.78, 5) is 31.1. The SMILES string of the molecule is CCC(=O)N(CC(=O)N1CCN(c2ccc(-c3ccc(C)cc3)nn2)CC1)Cc1ccccc1. The Labute approximate surface area is 201 Å². The van der Waals surface area contributed by atoms with E-state index in [0.717, 1.165) is 22.6 Å². The molecular formula is C27H31N5O2. The van der Waals surface area contributed by atoms with Gasteiger partial charge in [-0.2, -0.15) is 0 Å². The fourth-order valence-electron chi connectivity index (χ4n) is 4.08. The molecule has 4 rings (SSSR count). The Bertz CT molecular complexity index is 1090. The monoisotopic (exact) mass is 457 g/mol. The van der Waals surface area contributed by atoms with E-state index in [0.29, 0.717) is 39.1 Å². The van der Waals surface area contributed by atoms with E-state index >= 15 is 0 Å². The Morgan fingerprint density at radius 1 is 0.882 bits per heavy atom. The van der Waals surface area contributed by atoms with Crippen molar-refractivity contribution in [1.82, 2.24) is 20.0 Å². The largest absolute Gasteiger partial charge is 0.352 e. The van der Waals surface area contributed by atoms with Gasteiger partial charge in [0.05, 0.1) is 5.69 Å². The van der Waals surface area contributed by atoms with Gasteiger partial charge in [-0.1, -0.05) is 67.1 Å². The first-order chi connectivity index (χ1) is 16.5. The minimum Gasteiger partial charge on any atom is -0.352 e. The van der Waals surface area contributed by atoms with Crippen LogP contribution < -0.4 is 4.90 Å². The summed E-state index contributed by atoms with van der Waals surface area (Å²) in [5, 5.41) is 8.82. The Morgan fingerprint density at radius 2 is 1.59 bits per heavy atom. The summed E-state index contributed by atoms with van der Waals surface area (Å²) in [7, 11) is 0. The molecule has 0 radical (unpaired) electrons. The van der Waals surface area contributed by atoms with Gasteiger partial charge in [0.15, 0.2) is 5.82 Å². The molecule has 2 heterocycles. The Balaban J connectivity index is 1.33. The summed E-state index contributed by atoms with van der Waals surface area (Å²) in [6.45, 7) is 7.00. The van der Waals surface area contributed by atoms with E-state index in [1.165, 1.54) is 5.56 Å². The van der Waals surface area contributed by atoms with Crippen molar-refractivity contribution < 1.29 is 9.59 Å². The minimum absolute atomic E-state index is 0.0141. The predicted molar refractivity (Wildman–Crippen MR) is 133 cm³/mol. The van der Waals surface area contributed by atoms with Crippen LogP contribution in [0.3, 0.4) is 0 Å². The van der Waals surface area contributed by atoms with E-state index in [-0.39, 0.29) is 18.4 Å². The minimum atomic E-state index is -0.0156. The van der Waals surface area contributed by atoms with Crippen LogP contribution in [0.5, 0.6) is 0 Å². The number of hydrogen-bond donors (Lipinski definition) is 0. The summed E-state index contributed by atoms with van der Waals surface area (Å²) < 4.78 is 0. The van der Waals surface area contributed by atoms with Gasteiger partial charge in [0.2, 0.25) is 11.8 Å². The molecule has 1 fully saturated rings. The lowest BCUT2D eigenvalue weighted by Gasteiger charge is -2.36. The molecule has 2 aromatic carbocycles. The highest BCUT2D eigenvalue weighted by Gasteiger charge is 2.25. The zero-order chi connectivity index (χ0) is 23.9. The van der Waals surface area contributed by atoms with Gasteiger partial charge in [-0.3, -0.25) is 9.59 Å². The van der Waals surface area contributed by atoms with Crippen molar-refractivity contribution in [2.75, 3.05) is 37.6 Å². The van der Waals surface area contributed by atoms with Crippen LogP contribution in [0.1, 0.15) is 24.5 Å². The fraction of sp³-hybridized carbons (Fsp3) is 0.333. The predicted octanol–water partition coefficient (Wildman–Crippen LogP) is 3.54. The van der Waals surface area contributed by atoms with Crippen LogP contribution in [0.4, 0.5) is 5.82 Å².